The minimum Gasteiger partial charge on any atom is -0.560 e. The third-order valence-corrected chi connectivity index (χ3v) is 3.99. The van der Waals surface area contributed by atoms with Gasteiger partial charge in [-0.2, -0.15) is 0 Å². The first kappa shape index (κ1) is 17.1. The number of para-hydroxylation sites is 1. The first-order valence-corrected chi connectivity index (χ1v) is 8.29. The molecule has 1 heterocycles. The quantitative estimate of drug-likeness (QED) is 0.673. The van der Waals surface area contributed by atoms with Gasteiger partial charge >= 0.3 is 13.5 Å². The van der Waals surface area contributed by atoms with E-state index < -0.39 is 5.97 Å². The van der Waals surface area contributed by atoms with E-state index in [-0.39, 0.29) is 18.5 Å². The van der Waals surface area contributed by atoms with Crippen LogP contribution in [-0.4, -0.2) is 25.3 Å². The van der Waals surface area contributed by atoms with Gasteiger partial charge in [-0.15, -0.1) is 0 Å². The summed E-state index contributed by atoms with van der Waals surface area (Å²) in [5.41, 5.74) is 2.19. The number of hydrogen-bond donors (Lipinski definition) is 1. The van der Waals surface area contributed by atoms with Crippen LogP contribution in [-0.2, 0) is 22.6 Å². The number of carbonyl (C=O) groups is 2. The monoisotopic (exact) mass is 336 g/mol. The Morgan fingerprint density at radius 1 is 1.20 bits per heavy atom. The fourth-order valence-electron chi connectivity index (χ4n) is 2.68. The van der Waals surface area contributed by atoms with Crippen LogP contribution in [0.3, 0.4) is 0 Å². The van der Waals surface area contributed by atoms with Crippen molar-refractivity contribution in [2.45, 2.75) is 32.3 Å². The Hall–Kier alpha value is -2.76. The van der Waals surface area contributed by atoms with Crippen molar-refractivity contribution in [3.05, 3.63) is 65.2 Å². The van der Waals surface area contributed by atoms with E-state index in [9.17, 15) is 9.59 Å². The molecular formula is C19H19BNO4. The van der Waals surface area contributed by atoms with Crippen molar-refractivity contribution in [1.29, 1.82) is 0 Å². The lowest BCUT2D eigenvalue weighted by atomic mass is 9.79. The lowest BCUT2D eigenvalue weighted by molar-refractivity contribution is -0.121. The number of benzene rings is 2. The molecule has 5 nitrogen and oxygen atoms in total. The fraction of sp³-hybridized carbons (Fsp3) is 0.263. The SMILES string of the molecule is CCC(=O)NC1[B]Oc2c(cccc2C(=O)OCc2ccccc2)C1. The maximum Gasteiger partial charge on any atom is 0.394 e. The maximum atomic E-state index is 12.4. The summed E-state index contributed by atoms with van der Waals surface area (Å²) < 4.78 is 11.0. The van der Waals surface area contributed by atoms with Gasteiger partial charge in [-0.3, -0.25) is 4.79 Å². The van der Waals surface area contributed by atoms with Crippen LogP contribution in [0.1, 0.15) is 34.8 Å². The van der Waals surface area contributed by atoms with Crippen LogP contribution >= 0.6 is 0 Å². The third-order valence-electron chi connectivity index (χ3n) is 3.99. The Morgan fingerprint density at radius 3 is 2.76 bits per heavy atom. The molecule has 1 N–H and O–H groups in total. The average Bonchev–Trinajstić information content (AvgIpc) is 2.66. The highest BCUT2D eigenvalue weighted by atomic mass is 16.5. The molecule has 6 heteroatoms. The van der Waals surface area contributed by atoms with Crippen molar-refractivity contribution in [2.24, 2.45) is 0 Å². The smallest absolute Gasteiger partial charge is 0.394 e. The van der Waals surface area contributed by atoms with Crippen LogP contribution < -0.4 is 9.97 Å². The van der Waals surface area contributed by atoms with Gasteiger partial charge in [0.1, 0.15) is 17.9 Å². The van der Waals surface area contributed by atoms with Gasteiger partial charge in [0.15, 0.2) is 0 Å². The Balaban J connectivity index is 1.68. The van der Waals surface area contributed by atoms with Gasteiger partial charge in [0.2, 0.25) is 5.91 Å². The average molecular weight is 336 g/mol. The molecule has 1 atom stereocenters. The molecule has 0 spiro atoms. The predicted molar refractivity (Wildman–Crippen MR) is 94.3 cm³/mol. The molecule has 0 saturated heterocycles. The zero-order chi connectivity index (χ0) is 17.6. The van der Waals surface area contributed by atoms with E-state index in [1.54, 1.807) is 26.5 Å². The van der Waals surface area contributed by atoms with Crippen LogP contribution in [0.2, 0.25) is 0 Å². The van der Waals surface area contributed by atoms with E-state index >= 15 is 0 Å². The van der Waals surface area contributed by atoms with Gasteiger partial charge in [0.25, 0.3) is 0 Å². The Bertz CT molecular complexity index is 763. The number of amides is 1. The van der Waals surface area contributed by atoms with E-state index in [1.165, 1.54) is 0 Å². The van der Waals surface area contributed by atoms with Gasteiger partial charge in [0, 0.05) is 12.4 Å². The van der Waals surface area contributed by atoms with Gasteiger partial charge in [-0.25, -0.2) is 4.79 Å². The van der Waals surface area contributed by atoms with E-state index in [0.717, 1.165) is 11.1 Å². The Morgan fingerprint density at radius 2 is 2.00 bits per heavy atom. The van der Waals surface area contributed by atoms with Gasteiger partial charge in [-0.05, 0) is 23.6 Å². The standard InChI is InChI=1S/C19H19BNO4/c1-2-17(22)21-16-11-14-9-6-10-15(18(14)25-20-16)19(23)24-12-13-7-4-3-5-8-13/h3-10,16H,2,11-12H2,1H3,(H,21,22). The summed E-state index contributed by atoms with van der Waals surface area (Å²) in [6.45, 7) is 2.01. The number of esters is 1. The molecule has 1 amide bonds. The number of rotatable bonds is 5. The number of fused-ring (bicyclic) bond motifs is 1. The summed E-state index contributed by atoms with van der Waals surface area (Å²) in [5, 5.41) is 2.87. The molecular weight excluding hydrogens is 317 g/mol. The predicted octanol–water partition coefficient (Wildman–Crippen LogP) is 2.45. The van der Waals surface area contributed by atoms with Crippen molar-refractivity contribution >= 4 is 19.4 Å². The van der Waals surface area contributed by atoms with Crippen LogP contribution in [0.5, 0.6) is 5.75 Å². The minimum absolute atomic E-state index is 0.0354. The molecule has 2 aromatic carbocycles. The highest BCUT2D eigenvalue weighted by molar-refractivity contribution is 6.32. The molecule has 3 rings (SSSR count). The second-order valence-corrected chi connectivity index (χ2v) is 5.84. The van der Waals surface area contributed by atoms with Crippen LogP contribution in [0.4, 0.5) is 0 Å². The minimum atomic E-state index is -0.426. The molecule has 0 bridgehead atoms. The van der Waals surface area contributed by atoms with E-state index in [2.05, 4.69) is 5.32 Å². The zero-order valence-corrected chi connectivity index (χ0v) is 14.0. The molecule has 1 aliphatic heterocycles. The molecule has 25 heavy (non-hydrogen) atoms. The number of ether oxygens (including phenoxy) is 1. The van der Waals surface area contributed by atoms with Gasteiger partial charge in [0.05, 0.1) is 0 Å². The summed E-state index contributed by atoms with van der Waals surface area (Å²) in [5.74, 6) is -0.157. The first-order chi connectivity index (χ1) is 12.2. The van der Waals surface area contributed by atoms with Crippen LogP contribution in [0.15, 0.2) is 48.5 Å². The van der Waals surface area contributed by atoms with Crippen molar-refractivity contribution in [3.8, 4) is 5.75 Å². The van der Waals surface area contributed by atoms with E-state index in [4.69, 9.17) is 9.39 Å². The van der Waals surface area contributed by atoms with Crippen molar-refractivity contribution in [2.75, 3.05) is 0 Å². The molecule has 1 aliphatic rings. The van der Waals surface area contributed by atoms with Crippen molar-refractivity contribution in [1.82, 2.24) is 5.32 Å². The summed E-state index contributed by atoms with van der Waals surface area (Å²) in [7, 11) is 1.56. The Kier molecular flexibility index (Phi) is 5.38. The molecule has 1 radical (unpaired) electrons. The topological polar surface area (TPSA) is 64.6 Å². The molecule has 0 fully saturated rings. The zero-order valence-electron chi connectivity index (χ0n) is 14.0. The molecule has 0 aromatic heterocycles. The fourth-order valence-corrected chi connectivity index (χ4v) is 2.68. The van der Waals surface area contributed by atoms with Crippen molar-refractivity contribution in [3.63, 3.8) is 0 Å². The summed E-state index contributed by atoms with van der Waals surface area (Å²) in [4.78, 5) is 23.9. The highest BCUT2D eigenvalue weighted by Gasteiger charge is 2.27. The Labute approximate surface area is 147 Å². The normalized spacial score (nSPS) is 15.3. The second kappa shape index (κ2) is 7.88. The van der Waals surface area contributed by atoms with Crippen LogP contribution in [0.25, 0.3) is 0 Å². The summed E-state index contributed by atoms with van der Waals surface area (Å²) in [6, 6.07) is 14.9. The molecule has 127 valence electrons. The third kappa shape index (κ3) is 4.21. The maximum absolute atomic E-state index is 12.4. The van der Waals surface area contributed by atoms with Crippen molar-refractivity contribution < 1.29 is 19.0 Å². The lowest BCUT2D eigenvalue weighted by Crippen LogP contribution is -2.45. The first-order valence-electron chi connectivity index (χ1n) is 8.29. The highest BCUT2D eigenvalue weighted by Crippen LogP contribution is 2.29. The molecule has 1 unspecified atom stereocenters. The largest absolute Gasteiger partial charge is 0.560 e. The van der Waals surface area contributed by atoms with E-state index in [0.29, 0.717) is 24.2 Å². The van der Waals surface area contributed by atoms with Gasteiger partial charge < -0.3 is 14.7 Å². The van der Waals surface area contributed by atoms with E-state index in [1.807, 2.05) is 36.4 Å². The van der Waals surface area contributed by atoms with Gasteiger partial charge in [-0.1, -0.05) is 49.4 Å². The molecule has 0 aliphatic carbocycles. The summed E-state index contributed by atoms with van der Waals surface area (Å²) >= 11 is 0. The molecule has 0 saturated carbocycles. The summed E-state index contributed by atoms with van der Waals surface area (Å²) in [6.07, 6.45) is 1.00. The lowest BCUT2D eigenvalue weighted by Gasteiger charge is -2.26. The number of nitrogens with one attached hydrogen (secondary N) is 1. The van der Waals surface area contributed by atoms with Crippen LogP contribution in [0, 0.1) is 0 Å². The number of hydrogen-bond acceptors (Lipinski definition) is 4. The molecule has 2 aromatic rings. The second-order valence-electron chi connectivity index (χ2n) is 5.84. The number of carbonyl (C=O) groups excluding carboxylic acids is 2.